The van der Waals surface area contributed by atoms with E-state index in [1.165, 1.54) is 11.1 Å². The Labute approximate surface area is 166 Å². The van der Waals surface area contributed by atoms with Crippen LogP contribution in [-0.2, 0) is 4.79 Å². The third kappa shape index (κ3) is 3.26. The fraction of sp³-hybridized carbons (Fsp3) is 0.381. The predicted octanol–water partition coefficient (Wildman–Crippen LogP) is 2.37. The monoisotopic (exact) mass is 403 g/mol. The van der Waals surface area contributed by atoms with Gasteiger partial charge in [-0.25, -0.2) is 14.8 Å². The maximum atomic E-state index is 14.4. The lowest BCUT2D eigenvalue weighted by Gasteiger charge is -2.27. The number of rotatable bonds is 4. The molecule has 1 saturated carbocycles. The number of anilines is 1. The van der Waals surface area contributed by atoms with E-state index in [9.17, 15) is 18.0 Å². The van der Waals surface area contributed by atoms with Crippen molar-refractivity contribution in [3.8, 4) is 0 Å². The van der Waals surface area contributed by atoms with Gasteiger partial charge in [-0.05, 0) is 56.4 Å². The van der Waals surface area contributed by atoms with E-state index in [-0.39, 0.29) is 17.7 Å². The predicted molar refractivity (Wildman–Crippen MR) is 102 cm³/mol. The molecule has 2 heterocycles. The van der Waals surface area contributed by atoms with E-state index in [0.717, 1.165) is 12.8 Å². The average Bonchev–Trinajstić information content (AvgIpc) is 3.31. The van der Waals surface area contributed by atoms with Gasteiger partial charge in [0.15, 0.2) is 0 Å². The third-order valence-corrected chi connectivity index (χ3v) is 5.56. The minimum Gasteiger partial charge on any atom is -0.312 e. The first-order valence-corrected chi connectivity index (χ1v) is 9.64. The summed E-state index contributed by atoms with van der Waals surface area (Å²) in [6.07, 6.45) is -0.345. The molecule has 29 heavy (non-hydrogen) atoms. The van der Waals surface area contributed by atoms with Gasteiger partial charge in [0.05, 0.1) is 5.56 Å². The highest BCUT2D eigenvalue weighted by Gasteiger charge is 2.72. The molecule has 0 bridgehead atoms. The number of pyridine rings is 1. The molecular weight excluding hydrogens is 381 g/mol. The molecule has 1 aromatic carbocycles. The summed E-state index contributed by atoms with van der Waals surface area (Å²) in [4.78, 5) is 21.3. The lowest BCUT2D eigenvalue weighted by Crippen LogP contribution is -2.94. The molecule has 1 amide bonds. The Bertz CT molecular complexity index is 938. The number of aromatic nitrogens is 1. The van der Waals surface area contributed by atoms with Gasteiger partial charge < -0.3 is 5.32 Å². The van der Waals surface area contributed by atoms with Crippen LogP contribution in [0, 0.1) is 6.92 Å². The molecule has 2 aromatic rings. The van der Waals surface area contributed by atoms with Crippen molar-refractivity contribution in [1.29, 1.82) is 0 Å². The molecule has 0 saturated heterocycles. The molecule has 2 N–H and O–H groups in total. The highest BCUT2D eigenvalue weighted by Crippen LogP contribution is 2.35. The zero-order valence-corrected chi connectivity index (χ0v) is 16.0. The van der Waals surface area contributed by atoms with Crippen molar-refractivity contribution in [2.75, 3.05) is 5.32 Å². The second-order valence-electron chi connectivity index (χ2n) is 7.49. The van der Waals surface area contributed by atoms with Gasteiger partial charge in [-0.15, -0.1) is 0 Å². The first-order chi connectivity index (χ1) is 13.8. The Morgan fingerprint density at radius 3 is 2.45 bits per heavy atom. The van der Waals surface area contributed by atoms with Crippen LogP contribution in [-0.4, -0.2) is 39.5 Å². The maximum Gasteiger partial charge on any atom is 0.465 e. The van der Waals surface area contributed by atoms with Crippen molar-refractivity contribution < 1.29 is 23.0 Å². The number of halogens is 3. The first kappa shape index (κ1) is 19.4. The van der Waals surface area contributed by atoms with Gasteiger partial charge in [0, 0.05) is 6.20 Å². The van der Waals surface area contributed by atoms with Crippen LogP contribution < -0.4 is 10.3 Å². The van der Waals surface area contributed by atoms with E-state index < -0.39 is 17.7 Å². The number of nitrogens with zero attached hydrogens (tertiary/aromatic N) is 2. The number of hydrogen-bond donors (Lipinski definition) is 2. The number of amidine groups is 1. The fourth-order valence-electron chi connectivity index (χ4n) is 4.03. The van der Waals surface area contributed by atoms with Crippen LogP contribution in [0.5, 0.6) is 0 Å². The summed E-state index contributed by atoms with van der Waals surface area (Å²) in [6, 6.07) is 11.7. The molecule has 2 aliphatic rings. The molecule has 8 heteroatoms. The number of carbonyl (C=O) groups is 1. The van der Waals surface area contributed by atoms with Crippen LogP contribution in [0.4, 0.5) is 19.0 Å². The highest BCUT2D eigenvalue weighted by atomic mass is 19.4. The molecule has 1 aromatic heterocycles. The van der Waals surface area contributed by atoms with Crippen LogP contribution in [0.3, 0.4) is 0 Å². The number of aryl methyl sites for hydroxylation is 1. The molecule has 0 radical (unpaired) electrons. The molecule has 4 rings (SSSR count). The normalized spacial score (nSPS) is 22.8. The number of alkyl halides is 3. The van der Waals surface area contributed by atoms with Crippen molar-refractivity contribution in [3.05, 3.63) is 59.8 Å². The van der Waals surface area contributed by atoms with Gasteiger partial charge in [0.25, 0.3) is 5.84 Å². The summed E-state index contributed by atoms with van der Waals surface area (Å²) in [5.41, 5.74) is -1.91. The van der Waals surface area contributed by atoms with Crippen LogP contribution >= 0.6 is 0 Å². The Kier molecular flexibility index (Phi) is 4.80. The van der Waals surface area contributed by atoms with Crippen molar-refractivity contribution in [3.63, 3.8) is 0 Å². The van der Waals surface area contributed by atoms with Gasteiger partial charge in [-0.2, -0.15) is 18.1 Å². The molecule has 0 spiro atoms. The quantitative estimate of drug-likeness (QED) is 0.824. The lowest BCUT2D eigenvalue weighted by atomic mass is 10.1. The molecule has 1 fully saturated rings. The summed E-state index contributed by atoms with van der Waals surface area (Å²) in [5.74, 6) is -0.840. The minimum absolute atomic E-state index is 0.0198. The maximum absolute atomic E-state index is 14.4. The number of hydrogen-bond acceptors (Lipinski definition) is 3. The van der Waals surface area contributed by atoms with Crippen molar-refractivity contribution >= 4 is 17.6 Å². The van der Waals surface area contributed by atoms with Crippen molar-refractivity contribution in [2.45, 2.75) is 50.5 Å². The average molecular weight is 403 g/mol. The third-order valence-electron chi connectivity index (χ3n) is 5.56. The van der Waals surface area contributed by atoms with Crippen LogP contribution in [0.15, 0.2) is 48.7 Å². The van der Waals surface area contributed by atoms with Gasteiger partial charge in [-0.3, -0.25) is 0 Å². The van der Waals surface area contributed by atoms with Gasteiger partial charge in [-0.1, -0.05) is 24.3 Å². The summed E-state index contributed by atoms with van der Waals surface area (Å²) in [6.45, 7) is 1.65. The van der Waals surface area contributed by atoms with E-state index in [1.807, 2.05) is 0 Å². The van der Waals surface area contributed by atoms with Gasteiger partial charge in [0.2, 0.25) is 0 Å². The van der Waals surface area contributed by atoms with Gasteiger partial charge in [0.1, 0.15) is 11.9 Å². The summed E-state index contributed by atoms with van der Waals surface area (Å²) < 4.78 is 43.3. The van der Waals surface area contributed by atoms with Crippen LogP contribution in [0.2, 0.25) is 0 Å². The van der Waals surface area contributed by atoms with E-state index in [4.69, 9.17) is 0 Å². The second kappa shape index (κ2) is 7.17. The Balaban J connectivity index is 1.87. The van der Waals surface area contributed by atoms with E-state index in [2.05, 4.69) is 15.3 Å². The van der Waals surface area contributed by atoms with Gasteiger partial charge >= 0.3 is 17.7 Å². The smallest absolute Gasteiger partial charge is 0.312 e. The molecule has 152 valence electrons. The molecule has 0 unspecified atom stereocenters. The van der Waals surface area contributed by atoms with Crippen LogP contribution in [0.25, 0.3) is 0 Å². The van der Waals surface area contributed by atoms with E-state index >= 15 is 0 Å². The number of amides is 1. The van der Waals surface area contributed by atoms with Crippen molar-refractivity contribution in [2.24, 2.45) is 0 Å². The van der Waals surface area contributed by atoms with Crippen molar-refractivity contribution in [1.82, 2.24) is 9.88 Å². The molecule has 1 aliphatic carbocycles. The standard InChI is InChI=1S/C21H21F3N4O/c1-14-8-7-13-25-17(14)26-20(21(22,23)24)19(29)28(16-11-5-6-12-16)18(27-20)15-9-3-2-4-10-15/h2-4,7-10,13,16H,5-6,11-12H2,1H3,(H,25,26)/p+1/t20-/m0/s1. The molecule has 1 atom stereocenters. The zero-order valence-electron chi connectivity index (χ0n) is 16.0. The number of benzene rings is 1. The summed E-state index contributed by atoms with van der Waals surface area (Å²) in [7, 11) is 0. The first-order valence-electron chi connectivity index (χ1n) is 9.64. The number of carbonyl (C=O) groups excluding carboxylic acids is 1. The zero-order chi connectivity index (χ0) is 20.6. The molecular formula is C21H22F3N4O+. The van der Waals surface area contributed by atoms with E-state index in [0.29, 0.717) is 24.0 Å². The Morgan fingerprint density at radius 1 is 1.14 bits per heavy atom. The second-order valence-corrected chi connectivity index (χ2v) is 7.49. The summed E-state index contributed by atoms with van der Waals surface area (Å²) in [5, 5.41) is 2.41. The lowest BCUT2D eigenvalue weighted by molar-refractivity contribution is -0.566. The topological polar surface area (TPSA) is 59.2 Å². The number of nitrogens with one attached hydrogen (secondary N) is 2. The largest absolute Gasteiger partial charge is 0.465 e. The Morgan fingerprint density at radius 2 is 1.83 bits per heavy atom. The van der Waals surface area contributed by atoms with Crippen LogP contribution in [0.1, 0.15) is 36.8 Å². The fourth-order valence-corrected chi connectivity index (χ4v) is 4.03. The Hall–Kier alpha value is -2.90. The molecule has 1 aliphatic heterocycles. The SMILES string of the molecule is Cc1cccnc1N[C@]1(C(F)(F)F)[NH+]=C(c2ccccc2)N(C2CCCC2)C1=O. The summed E-state index contributed by atoms with van der Waals surface area (Å²) >= 11 is 0. The van der Waals surface area contributed by atoms with E-state index in [1.54, 1.807) is 49.4 Å². The highest BCUT2D eigenvalue weighted by molar-refractivity contribution is 6.11. The molecule has 5 nitrogen and oxygen atoms in total. The minimum atomic E-state index is -4.89.